The molecule has 0 aromatic heterocycles. The van der Waals surface area contributed by atoms with Crippen molar-refractivity contribution in [3.63, 3.8) is 0 Å². The zero-order chi connectivity index (χ0) is 8.69. The Labute approximate surface area is 83.8 Å². The van der Waals surface area contributed by atoms with Crippen molar-refractivity contribution in [2.24, 2.45) is 0 Å². The third-order valence-corrected chi connectivity index (χ3v) is 0.693. The molecular formula is C8H8O3Zn. The molecule has 0 amide bonds. The van der Waals surface area contributed by atoms with Gasteiger partial charge in [-0.3, -0.25) is 0 Å². The first-order valence-electron chi connectivity index (χ1n) is 2.96. The largest absolute Gasteiger partial charge is 2.00 e. The number of benzene rings is 1. The van der Waals surface area contributed by atoms with Gasteiger partial charge in [-0.1, -0.05) is 0 Å². The van der Waals surface area contributed by atoms with Crippen LogP contribution in [0.3, 0.4) is 0 Å². The fourth-order valence-corrected chi connectivity index (χ4v) is 0.384. The molecule has 0 atom stereocenters. The van der Waals surface area contributed by atoms with Gasteiger partial charge in [0.1, 0.15) is 0 Å². The number of phenolic OH excluding ortho intramolecular Hbond substituents is 1. The molecule has 0 fully saturated rings. The van der Waals surface area contributed by atoms with E-state index >= 15 is 0 Å². The van der Waals surface area contributed by atoms with Gasteiger partial charge in [0.15, 0.2) is 0 Å². The number of carboxylic acids is 1. The summed E-state index contributed by atoms with van der Waals surface area (Å²) in [7, 11) is 0. The number of aliphatic carboxylic acids is 1. The number of para-hydroxylation sites is 1. The second-order valence-corrected chi connectivity index (χ2v) is 1.74. The van der Waals surface area contributed by atoms with Crippen LogP contribution in [-0.4, -0.2) is 11.1 Å². The molecule has 0 aliphatic carbocycles. The molecule has 0 bridgehead atoms. The van der Waals surface area contributed by atoms with Crippen LogP contribution in [0.15, 0.2) is 24.3 Å². The molecule has 0 saturated carbocycles. The second kappa shape index (κ2) is 8.21. The summed E-state index contributed by atoms with van der Waals surface area (Å²) in [5.74, 6) is -0.887. The predicted molar refractivity (Wildman–Crippen MR) is 37.6 cm³/mol. The SMILES string of the molecule is CC(=O)[O-].Oc1[c-]cccc1.[Zn+2]. The van der Waals surface area contributed by atoms with Crippen molar-refractivity contribution in [1.82, 2.24) is 0 Å². The Hall–Kier alpha value is -0.887. The van der Waals surface area contributed by atoms with Crippen molar-refractivity contribution in [1.29, 1.82) is 0 Å². The van der Waals surface area contributed by atoms with E-state index in [0.29, 0.717) is 0 Å². The Balaban J connectivity index is 0. The molecule has 3 nitrogen and oxygen atoms in total. The number of rotatable bonds is 0. The number of carbonyl (C=O) groups is 1. The summed E-state index contributed by atoms with van der Waals surface area (Å²) in [6.45, 7) is 0.972. The van der Waals surface area contributed by atoms with Crippen LogP contribution >= 0.6 is 0 Å². The van der Waals surface area contributed by atoms with Gasteiger partial charge in [0.2, 0.25) is 0 Å². The molecule has 4 heteroatoms. The monoisotopic (exact) mass is 216 g/mol. The maximum absolute atomic E-state index is 8.89. The Kier molecular flexibility index (Phi) is 9.37. The Bertz CT molecular complexity index is 207. The molecule has 0 aliphatic rings. The van der Waals surface area contributed by atoms with Crippen LogP contribution in [0.5, 0.6) is 5.75 Å². The first kappa shape index (κ1) is 13.7. The number of aromatic hydroxyl groups is 1. The number of carbonyl (C=O) groups excluding carboxylic acids is 1. The van der Waals surface area contributed by atoms with E-state index in [1.807, 2.05) is 0 Å². The molecule has 60 valence electrons. The van der Waals surface area contributed by atoms with Gasteiger partial charge >= 0.3 is 19.5 Å². The fraction of sp³-hybridized carbons (Fsp3) is 0.125. The molecular weight excluding hydrogens is 209 g/mol. The average Bonchev–Trinajstić information content (AvgIpc) is 1.87. The van der Waals surface area contributed by atoms with Crippen molar-refractivity contribution in [3.8, 4) is 5.75 Å². The summed E-state index contributed by atoms with van der Waals surface area (Å²) < 4.78 is 0. The number of hydrogen-bond donors (Lipinski definition) is 1. The summed E-state index contributed by atoms with van der Waals surface area (Å²) >= 11 is 0. The van der Waals surface area contributed by atoms with Crippen LogP contribution in [-0.2, 0) is 24.3 Å². The Morgan fingerprint density at radius 1 is 1.58 bits per heavy atom. The maximum Gasteiger partial charge on any atom is 2.00 e. The van der Waals surface area contributed by atoms with Gasteiger partial charge in [-0.15, -0.1) is 12.1 Å². The summed E-state index contributed by atoms with van der Waals surface area (Å²) in [6.07, 6.45) is 0. The van der Waals surface area contributed by atoms with Crippen molar-refractivity contribution in [2.45, 2.75) is 6.92 Å². The minimum absolute atomic E-state index is 0. The zero-order valence-electron chi connectivity index (χ0n) is 6.78. The third kappa shape index (κ3) is 11.9. The van der Waals surface area contributed by atoms with Crippen LogP contribution < -0.4 is 5.11 Å². The van der Waals surface area contributed by atoms with Gasteiger partial charge in [0.05, 0.1) is 0 Å². The molecule has 0 aliphatic heterocycles. The molecule has 0 radical (unpaired) electrons. The molecule has 0 unspecified atom stereocenters. The summed E-state index contributed by atoms with van der Waals surface area (Å²) in [4.78, 5) is 8.89. The van der Waals surface area contributed by atoms with Gasteiger partial charge in [-0.05, 0) is 6.92 Å². The molecule has 1 aromatic rings. The van der Waals surface area contributed by atoms with Crippen molar-refractivity contribution < 1.29 is 34.5 Å². The maximum atomic E-state index is 8.89. The molecule has 0 saturated heterocycles. The van der Waals surface area contributed by atoms with Crippen LogP contribution in [0, 0.1) is 6.07 Å². The van der Waals surface area contributed by atoms with Crippen molar-refractivity contribution >= 4 is 5.97 Å². The Morgan fingerprint density at radius 2 is 2.08 bits per heavy atom. The van der Waals surface area contributed by atoms with Crippen LogP contribution in [0.1, 0.15) is 6.92 Å². The Morgan fingerprint density at radius 3 is 2.25 bits per heavy atom. The van der Waals surface area contributed by atoms with Gasteiger partial charge in [0, 0.05) is 11.7 Å². The minimum Gasteiger partial charge on any atom is -0.550 e. The quantitative estimate of drug-likeness (QED) is 0.490. The first-order chi connectivity index (χ1) is 5.13. The number of phenols is 1. The molecule has 1 N–H and O–H groups in total. The average molecular weight is 218 g/mol. The first-order valence-corrected chi connectivity index (χ1v) is 2.96. The van der Waals surface area contributed by atoms with E-state index in [0.717, 1.165) is 6.92 Å². The van der Waals surface area contributed by atoms with Crippen LogP contribution in [0.4, 0.5) is 0 Å². The normalized spacial score (nSPS) is 7.08. The van der Waals surface area contributed by atoms with Gasteiger partial charge in [-0.25, -0.2) is 0 Å². The van der Waals surface area contributed by atoms with E-state index in [1.54, 1.807) is 24.3 Å². The summed E-state index contributed by atoms with van der Waals surface area (Å²) in [5.41, 5.74) is 0. The predicted octanol–water partition coefficient (Wildman–Crippen LogP) is -0.0539. The number of carboxylic acid groups (broad SMARTS) is 1. The summed E-state index contributed by atoms with van der Waals surface area (Å²) in [6, 6.07) is 9.39. The summed E-state index contributed by atoms with van der Waals surface area (Å²) in [5, 5.41) is 17.5. The van der Waals surface area contributed by atoms with Gasteiger partial charge in [-0.2, -0.15) is 18.2 Å². The van der Waals surface area contributed by atoms with Gasteiger partial charge in [0.25, 0.3) is 0 Å². The van der Waals surface area contributed by atoms with Crippen molar-refractivity contribution in [2.75, 3.05) is 0 Å². The smallest absolute Gasteiger partial charge is 0.550 e. The van der Waals surface area contributed by atoms with Crippen LogP contribution in [0.25, 0.3) is 0 Å². The van der Waals surface area contributed by atoms with Crippen LogP contribution in [0.2, 0.25) is 0 Å². The molecule has 1 aromatic carbocycles. The van der Waals surface area contributed by atoms with E-state index in [4.69, 9.17) is 15.0 Å². The molecule has 0 heterocycles. The van der Waals surface area contributed by atoms with E-state index in [-0.39, 0.29) is 25.2 Å². The number of hydrogen-bond acceptors (Lipinski definition) is 3. The van der Waals surface area contributed by atoms with E-state index in [9.17, 15) is 0 Å². The van der Waals surface area contributed by atoms with E-state index < -0.39 is 5.97 Å². The van der Waals surface area contributed by atoms with Crippen molar-refractivity contribution in [3.05, 3.63) is 30.3 Å². The fourth-order valence-electron chi connectivity index (χ4n) is 0.384. The molecule has 1 rings (SSSR count). The van der Waals surface area contributed by atoms with E-state index in [2.05, 4.69) is 6.07 Å². The van der Waals surface area contributed by atoms with E-state index in [1.165, 1.54) is 0 Å². The second-order valence-electron chi connectivity index (χ2n) is 1.74. The molecule has 12 heavy (non-hydrogen) atoms. The topological polar surface area (TPSA) is 60.4 Å². The zero-order valence-corrected chi connectivity index (χ0v) is 9.75. The standard InChI is InChI=1S/C6H5O.C2H4O2.Zn/c7-6-4-2-1-3-5-6;1-2(3)4;/h1-4,7H;1H3,(H,3,4);/q-1;;+2/p-1. The third-order valence-electron chi connectivity index (χ3n) is 0.693. The van der Waals surface area contributed by atoms with Gasteiger partial charge < -0.3 is 15.0 Å². The minimum atomic E-state index is -1.08. The molecule has 0 spiro atoms.